The van der Waals surface area contributed by atoms with Crippen LogP contribution >= 0.6 is 34.8 Å². The molecule has 0 atom stereocenters. The van der Waals surface area contributed by atoms with E-state index in [1.165, 1.54) is 31.1 Å². The van der Waals surface area contributed by atoms with Crippen molar-refractivity contribution in [1.29, 1.82) is 10.8 Å². The lowest BCUT2D eigenvalue weighted by atomic mass is 10.1. The van der Waals surface area contributed by atoms with Gasteiger partial charge in [-0.3, -0.25) is 20.9 Å². The van der Waals surface area contributed by atoms with Crippen molar-refractivity contribution in [3.8, 4) is 0 Å². The minimum Gasteiger partial charge on any atom is -0.444 e. The maximum absolute atomic E-state index is 14.2. The molecule has 4 saturated heterocycles. The molecule has 32 nitrogen and oxygen atoms in total. The first kappa shape index (κ1) is 95.0. The Labute approximate surface area is 650 Å². The summed E-state index contributed by atoms with van der Waals surface area (Å²) in [6, 6.07) is 10.2. The van der Waals surface area contributed by atoms with Crippen molar-refractivity contribution in [3.05, 3.63) is 110 Å². The van der Waals surface area contributed by atoms with E-state index < -0.39 is 51.4 Å². The number of aryl methyl sites for hydroxylation is 2. The highest BCUT2D eigenvalue weighted by atomic mass is 35.5. The molecule has 0 bridgehead atoms. The van der Waals surface area contributed by atoms with Gasteiger partial charge in [-0.1, -0.05) is 46.9 Å². The predicted octanol–water partition coefficient (Wildman–Crippen LogP) is 11.8. The van der Waals surface area contributed by atoms with Crippen molar-refractivity contribution in [1.82, 2.24) is 54.9 Å². The monoisotopic (exact) mass is 1610 g/mol. The fraction of sp³-hybridized carbons (Fsp3) is 0.536. The molecule has 0 radical (unpaired) electrons. The van der Waals surface area contributed by atoms with Crippen LogP contribution in [0.15, 0.2) is 55.4 Å². The molecule has 0 spiro atoms. The number of nitrogens with one attached hydrogen (secondary N) is 6. The van der Waals surface area contributed by atoms with E-state index in [1.54, 1.807) is 43.9 Å². The van der Waals surface area contributed by atoms with E-state index >= 15 is 0 Å². The molecule has 4 aliphatic heterocycles. The molecule has 0 aliphatic carbocycles. The van der Waals surface area contributed by atoms with E-state index in [4.69, 9.17) is 93.0 Å². The second kappa shape index (κ2) is 47.0. The summed E-state index contributed by atoms with van der Waals surface area (Å²) in [5.74, 6) is 6.24. The summed E-state index contributed by atoms with van der Waals surface area (Å²) in [6.45, 7) is 30.7. The Morgan fingerprint density at radius 2 is 0.824 bits per heavy atom. The van der Waals surface area contributed by atoms with Gasteiger partial charge >= 0.3 is 47.5 Å². The van der Waals surface area contributed by atoms with Gasteiger partial charge in [0, 0.05) is 95.8 Å². The number of hydrazine groups is 1. The van der Waals surface area contributed by atoms with Crippen LogP contribution < -0.4 is 33.0 Å². The predicted molar refractivity (Wildman–Crippen MR) is 409 cm³/mol. The SMILES string of the molecule is CC(C)(C)OC(=O)N1CCC(=O)CC1.CC(C)(C)OC(=O)N1CCC(NN)CC1.CC(C)(C)OC(=O)N1CCC(Nc2ncnc(Cl)c2C=N)CC1.Cc1ccc(N)c(F)c1.Cc1ccc(Nc2ncnc(NC3CCN(C(=O)OC(C)(C)C)CC3)c2C=N)c(F)c1.O=Cc1c(Cl)ncnc1Cl.O=S=O.O=S=O. The van der Waals surface area contributed by atoms with Crippen LogP contribution in [0.4, 0.5) is 56.8 Å². The molecule has 0 saturated carbocycles. The van der Waals surface area contributed by atoms with Crippen LogP contribution in [-0.2, 0) is 46.9 Å². The van der Waals surface area contributed by atoms with E-state index in [0.29, 0.717) is 106 Å². The molecule has 7 heterocycles. The number of amides is 4. The lowest BCUT2D eigenvalue weighted by Gasteiger charge is -2.34. The maximum atomic E-state index is 14.2. The largest absolute Gasteiger partial charge is 0.444 e. The van der Waals surface area contributed by atoms with Crippen LogP contribution in [0.1, 0.15) is 167 Å². The smallest absolute Gasteiger partial charge is 0.410 e. The van der Waals surface area contributed by atoms with Gasteiger partial charge in [-0.25, -0.2) is 57.9 Å². The van der Waals surface area contributed by atoms with Crippen molar-refractivity contribution < 1.29 is 73.3 Å². The number of piperidine rings is 4. The molecule has 0 unspecified atom stereocenters. The lowest BCUT2D eigenvalue weighted by Crippen LogP contribution is -2.48. The van der Waals surface area contributed by atoms with Crippen molar-refractivity contribution in [2.24, 2.45) is 5.84 Å². The normalized spacial score (nSPS) is 14.6. The molecular weight excluding hydrogens is 1510 g/mol. The van der Waals surface area contributed by atoms with E-state index in [2.05, 4.69) is 51.3 Å². The number of carbonyl (C=O) groups excluding carboxylic acids is 6. The number of Topliss-reactive ketones (excluding diaryl/α,β-unsaturated/α-hetero) is 1. The molecule has 5 aromatic rings. The number of benzene rings is 2. The average molecular weight is 1610 g/mol. The zero-order chi connectivity index (χ0) is 81.7. The minimum absolute atomic E-state index is 0.0787. The number of rotatable bonds is 10. The topological polar surface area (TPSA) is 446 Å². The number of hydrogen-bond donors (Lipinski definition) is 8. The number of carbonyl (C=O) groups is 6. The first-order chi connectivity index (χ1) is 50.5. The molecule has 596 valence electrons. The summed E-state index contributed by atoms with van der Waals surface area (Å²) < 4.78 is 81.1. The van der Waals surface area contributed by atoms with Crippen LogP contribution in [0.5, 0.6) is 0 Å². The van der Waals surface area contributed by atoms with Crippen LogP contribution in [0.25, 0.3) is 0 Å². The van der Waals surface area contributed by atoms with E-state index in [9.17, 15) is 37.5 Å². The summed E-state index contributed by atoms with van der Waals surface area (Å²) in [4.78, 5) is 98.9. The third kappa shape index (κ3) is 37.2. The third-order valence-electron chi connectivity index (χ3n) is 14.8. The molecule has 9 rings (SSSR count). The fourth-order valence-electron chi connectivity index (χ4n) is 9.57. The van der Waals surface area contributed by atoms with E-state index in [-0.39, 0.29) is 80.5 Å². The molecule has 4 amide bonds. The van der Waals surface area contributed by atoms with E-state index in [0.717, 1.165) is 62.1 Å². The Kier molecular flexibility index (Phi) is 41.3. The number of hydrogen-bond acceptors (Lipinski definition) is 28. The Morgan fingerprint density at radius 1 is 0.509 bits per heavy atom. The first-order valence-corrected chi connectivity index (χ1v) is 36.3. The molecule has 4 aliphatic rings. The van der Waals surface area contributed by atoms with Gasteiger partial charge in [0.25, 0.3) is 0 Å². The third-order valence-corrected chi connectivity index (χ3v) is 15.7. The van der Waals surface area contributed by atoms with Gasteiger partial charge in [0.2, 0.25) is 0 Å². The van der Waals surface area contributed by atoms with Gasteiger partial charge in [-0.15, -0.1) is 0 Å². The van der Waals surface area contributed by atoms with Crippen molar-refractivity contribution in [2.75, 3.05) is 74.0 Å². The van der Waals surface area contributed by atoms with Gasteiger partial charge in [0.05, 0.1) is 28.1 Å². The highest BCUT2D eigenvalue weighted by molar-refractivity contribution is 7.52. The summed E-state index contributed by atoms with van der Waals surface area (Å²) in [6.07, 6.45) is 11.3. The lowest BCUT2D eigenvalue weighted by molar-refractivity contribution is -0.121. The zero-order valence-corrected chi connectivity index (χ0v) is 66.9. The molecule has 3 aromatic heterocycles. The van der Waals surface area contributed by atoms with Crippen molar-refractivity contribution in [3.63, 3.8) is 0 Å². The number of likely N-dealkylation sites (tertiary alicyclic amines) is 4. The molecular formula is C69H99Cl3F2N18O14S2. The van der Waals surface area contributed by atoms with Crippen LogP contribution in [0.2, 0.25) is 15.5 Å². The first-order valence-electron chi connectivity index (χ1n) is 33.8. The quantitative estimate of drug-likeness (QED) is 0.0122. The number of nitrogens with two attached hydrogens (primary N) is 2. The second-order valence-electron chi connectivity index (χ2n) is 28.1. The molecule has 39 heteroatoms. The summed E-state index contributed by atoms with van der Waals surface area (Å²) >= 11 is 15.4. The Hall–Kier alpha value is -9.07. The van der Waals surface area contributed by atoms with Crippen molar-refractivity contribution in [2.45, 2.75) is 189 Å². The number of anilines is 5. The van der Waals surface area contributed by atoms with Gasteiger partial charge < -0.3 is 71.0 Å². The van der Waals surface area contributed by atoms with Crippen LogP contribution in [0.3, 0.4) is 0 Å². The maximum Gasteiger partial charge on any atom is 0.410 e. The number of halogens is 5. The van der Waals surface area contributed by atoms with Crippen LogP contribution in [0, 0.1) is 36.3 Å². The molecule has 108 heavy (non-hydrogen) atoms. The summed E-state index contributed by atoms with van der Waals surface area (Å²) in [7, 11) is 0. The summed E-state index contributed by atoms with van der Waals surface area (Å²) in [5, 5.41) is 25.2. The average Bonchev–Trinajstić information content (AvgIpc) is 0.826. The minimum atomic E-state index is -0.750. The highest BCUT2D eigenvalue weighted by Crippen LogP contribution is 2.28. The zero-order valence-electron chi connectivity index (χ0n) is 63.0. The number of nitrogen functional groups attached to an aromatic ring is 1. The van der Waals surface area contributed by atoms with Crippen molar-refractivity contribution >= 4 is 136 Å². The second-order valence-corrected chi connectivity index (χ2v) is 29.5. The van der Waals surface area contributed by atoms with Gasteiger partial charge in [-0.2, -0.15) is 16.8 Å². The standard InChI is InChI=1S/C22H29FN6O2.C15H22ClN5O2.C10H21N3O2.C10H17NO3.C7H8FN.C5H2Cl2N2O.2O2S/c1-14-5-6-18(17(23)11-14)28-20-16(12-24)19(25-13-26-20)27-15-7-9-29(10-8-15)21(30)31-22(2,3)4;1-15(2,3)23-14(22)21-6-4-10(5-7-21)20-13-11(8-17)12(16)18-9-19-13;1-10(2,3)15-9(14)13-6-4-8(12-11)5-7-13;1-10(2,3)14-9(13)11-6-4-8(12)5-7-11;1-5-2-3-7(9)6(8)4-5;6-4-3(1-10)5(7)9-2-8-4;2*1-3-2/h5-6,11-13,15,24H,7-10H2,1-4H3,(H2,25,26,27,28);8-10,17H,4-7H2,1-3H3,(H,18,19,20);8,12H,4-7,11H2,1-3H3;4-7H2,1-3H3;2-4H,9H2,1H3;1-2H;;. The Balaban J connectivity index is 0.000000455. The number of aldehydes is 1. The molecule has 4 fully saturated rings. The Bertz CT molecular complexity index is 3800. The number of ketones is 1. The highest BCUT2D eigenvalue weighted by Gasteiger charge is 2.31. The van der Waals surface area contributed by atoms with Crippen LogP contribution in [-0.4, -0.2) is 208 Å². The number of aromatic nitrogens is 6. The fourth-order valence-corrected chi connectivity index (χ4v) is 10.2. The number of nitrogens with zero attached hydrogens (tertiary/aromatic N) is 10. The van der Waals surface area contributed by atoms with Gasteiger partial charge in [0.15, 0.2) is 6.29 Å². The molecule has 2 aromatic carbocycles. The molecule has 10 N–H and O–H groups in total. The number of ether oxygens (including phenoxy) is 4. The van der Waals surface area contributed by atoms with E-state index in [1.807, 2.05) is 96.9 Å². The summed E-state index contributed by atoms with van der Waals surface area (Å²) in [5.41, 5.74) is 9.31. The Morgan fingerprint density at radius 3 is 1.15 bits per heavy atom. The van der Waals surface area contributed by atoms with Gasteiger partial charge in [-0.05, 0) is 171 Å². The van der Waals surface area contributed by atoms with Gasteiger partial charge in [0.1, 0.15) is 91.7 Å².